The number of esters is 1. The van der Waals surface area contributed by atoms with E-state index in [9.17, 15) is 9.59 Å². The molecule has 0 aliphatic heterocycles. The van der Waals surface area contributed by atoms with Crippen LogP contribution in [-0.4, -0.2) is 42.8 Å². The number of rotatable bonds is 5. The summed E-state index contributed by atoms with van der Waals surface area (Å²) in [6, 6.07) is 9.77. The van der Waals surface area contributed by atoms with Gasteiger partial charge in [-0.2, -0.15) is 0 Å². The highest BCUT2D eigenvalue weighted by atomic mass is 16.6. The van der Waals surface area contributed by atoms with E-state index in [4.69, 9.17) is 4.74 Å². The lowest BCUT2D eigenvalue weighted by Crippen LogP contribution is -2.41. The molecule has 0 spiro atoms. The summed E-state index contributed by atoms with van der Waals surface area (Å²) in [7, 11) is 1.30. The van der Waals surface area contributed by atoms with Crippen molar-refractivity contribution < 1.29 is 19.1 Å². The zero-order valence-electron chi connectivity index (χ0n) is 13.1. The first-order valence-corrected chi connectivity index (χ1v) is 6.90. The Kier molecular flexibility index (Phi) is 6.21. The van der Waals surface area contributed by atoms with E-state index in [-0.39, 0.29) is 6.54 Å². The van der Waals surface area contributed by atoms with E-state index >= 15 is 0 Å². The van der Waals surface area contributed by atoms with Crippen molar-refractivity contribution in [3.63, 3.8) is 0 Å². The average molecular weight is 293 g/mol. The Bertz CT molecular complexity index is 465. The molecule has 0 bridgehead atoms. The predicted octanol–water partition coefficient (Wildman–Crippen LogP) is 2.64. The van der Waals surface area contributed by atoms with Gasteiger partial charge in [-0.1, -0.05) is 30.3 Å². The Morgan fingerprint density at radius 2 is 1.76 bits per heavy atom. The quantitative estimate of drug-likeness (QED) is 0.783. The number of carbonyl (C=O) groups excluding carboxylic acids is 2. The molecule has 1 amide bonds. The maximum atomic E-state index is 12.1. The van der Waals surface area contributed by atoms with Gasteiger partial charge in [0.2, 0.25) is 0 Å². The molecule has 0 aliphatic rings. The number of hydrogen-bond acceptors (Lipinski definition) is 4. The number of hydrogen-bond donors (Lipinski definition) is 0. The maximum Gasteiger partial charge on any atom is 0.410 e. The van der Waals surface area contributed by atoms with Gasteiger partial charge in [-0.05, 0) is 32.8 Å². The Morgan fingerprint density at radius 1 is 1.14 bits per heavy atom. The molecule has 0 saturated carbocycles. The van der Waals surface area contributed by atoms with E-state index in [0.717, 1.165) is 5.56 Å². The molecule has 21 heavy (non-hydrogen) atoms. The van der Waals surface area contributed by atoms with Crippen LogP contribution in [0.4, 0.5) is 4.79 Å². The minimum atomic E-state index is -0.599. The Morgan fingerprint density at radius 3 is 2.29 bits per heavy atom. The van der Waals surface area contributed by atoms with Crippen LogP contribution in [0.25, 0.3) is 0 Å². The van der Waals surface area contributed by atoms with E-state index in [0.29, 0.717) is 13.0 Å². The number of amides is 1. The zero-order chi connectivity index (χ0) is 15.9. The third-order valence-corrected chi connectivity index (χ3v) is 2.71. The van der Waals surface area contributed by atoms with Gasteiger partial charge in [0.15, 0.2) is 0 Å². The fourth-order valence-electron chi connectivity index (χ4n) is 1.69. The summed E-state index contributed by atoms with van der Waals surface area (Å²) in [5.41, 5.74) is 0.494. The number of ether oxygens (including phenoxy) is 2. The largest absolute Gasteiger partial charge is 0.468 e. The molecule has 1 aromatic rings. The van der Waals surface area contributed by atoms with Crippen LogP contribution >= 0.6 is 0 Å². The van der Waals surface area contributed by atoms with Crippen LogP contribution < -0.4 is 0 Å². The molecule has 0 radical (unpaired) electrons. The van der Waals surface area contributed by atoms with Crippen LogP contribution in [0.1, 0.15) is 26.3 Å². The Balaban J connectivity index is 2.68. The average Bonchev–Trinajstić information content (AvgIpc) is 2.42. The van der Waals surface area contributed by atoms with E-state index in [1.807, 2.05) is 30.3 Å². The smallest absolute Gasteiger partial charge is 0.410 e. The van der Waals surface area contributed by atoms with Gasteiger partial charge >= 0.3 is 12.1 Å². The van der Waals surface area contributed by atoms with Gasteiger partial charge in [-0.15, -0.1) is 0 Å². The van der Waals surface area contributed by atoms with Crippen molar-refractivity contribution in [2.75, 3.05) is 20.2 Å². The van der Waals surface area contributed by atoms with Gasteiger partial charge in [-0.25, -0.2) is 4.79 Å². The monoisotopic (exact) mass is 293 g/mol. The molecule has 0 fully saturated rings. The number of carbonyl (C=O) groups is 2. The SMILES string of the molecule is COC(=O)CN(CCc1ccccc1)C(=O)OC(C)(C)C. The third-order valence-electron chi connectivity index (χ3n) is 2.71. The molecule has 0 unspecified atom stereocenters. The van der Waals surface area contributed by atoms with Gasteiger partial charge in [0.25, 0.3) is 0 Å². The molecule has 1 aromatic carbocycles. The summed E-state index contributed by atoms with van der Waals surface area (Å²) in [5, 5.41) is 0. The molecule has 0 heterocycles. The van der Waals surface area contributed by atoms with Gasteiger partial charge < -0.3 is 9.47 Å². The Labute approximate surface area is 125 Å². The summed E-state index contributed by atoms with van der Waals surface area (Å²) in [6.07, 6.45) is 0.140. The zero-order valence-corrected chi connectivity index (χ0v) is 13.1. The highest BCUT2D eigenvalue weighted by Crippen LogP contribution is 2.11. The molecule has 0 N–H and O–H groups in total. The second-order valence-electron chi connectivity index (χ2n) is 5.71. The molecule has 116 valence electrons. The van der Waals surface area contributed by atoms with Crippen LogP contribution in [-0.2, 0) is 20.7 Å². The molecule has 0 aromatic heterocycles. The molecule has 5 nitrogen and oxygen atoms in total. The van der Waals surface area contributed by atoms with Crippen molar-refractivity contribution in [1.82, 2.24) is 4.90 Å². The van der Waals surface area contributed by atoms with Crippen molar-refractivity contribution in [1.29, 1.82) is 0 Å². The first-order valence-electron chi connectivity index (χ1n) is 6.90. The van der Waals surface area contributed by atoms with Crippen molar-refractivity contribution in [3.05, 3.63) is 35.9 Å². The summed E-state index contributed by atoms with van der Waals surface area (Å²) < 4.78 is 9.94. The van der Waals surface area contributed by atoms with E-state index in [2.05, 4.69) is 4.74 Å². The predicted molar refractivity (Wildman–Crippen MR) is 80.0 cm³/mol. The summed E-state index contributed by atoms with van der Waals surface area (Å²) in [4.78, 5) is 24.9. The lowest BCUT2D eigenvalue weighted by Gasteiger charge is -2.26. The van der Waals surface area contributed by atoms with Crippen molar-refractivity contribution in [2.24, 2.45) is 0 Å². The molecule has 0 atom stereocenters. The van der Waals surface area contributed by atoms with Crippen LogP contribution in [0.15, 0.2) is 30.3 Å². The maximum absolute atomic E-state index is 12.1. The normalized spacial score (nSPS) is 10.9. The highest BCUT2D eigenvalue weighted by Gasteiger charge is 2.24. The van der Waals surface area contributed by atoms with Gasteiger partial charge in [0.05, 0.1) is 7.11 Å². The van der Waals surface area contributed by atoms with Crippen LogP contribution in [0.5, 0.6) is 0 Å². The standard InChI is InChI=1S/C16H23NO4/c1-16(2,3)21-15(19)17(12-14(18)20-4)11-10-13-8-6-5-7-9-13/h5-9H,10-12H2,1-4H3. The first-order chi connectivity index (χ1) is 9.81. The minimum absolute atomic E-state index is 0.113. The summed E-state index contributed by atoms with van der Waals surface area (Å²) >= 11 is 0. The number of nitrogens with zero attached hydrogens (tertiary/aromatic N) is 1. The van der Waals surface area contributed by atoms with Crippen molar-refractivity contribution in [3.8, 4) is 0 Å². The number of methoxy groups -OCH3 is 1. The molecular formula is C16H23NO4. The van der Waals surface area contributed by atoms with Crippen molar-refractivity contribution >= 4 is 12.1 Å². The molecule has 0 saturated heterocycles. The fraction of sp³-hybridized carbons (Fsp3) is 0.500. The summed E-state index contributed by atoms with van der Waals surface area (Å²) in [5.74, 6) is -0.464. The highest BCUT2D eigenvalue weighted by molar-refractivity contribution is 5.78. The third kappa shape index (κ3) is 6.79. The van der Waals surface area contributed by atoms with E-state index in [1.165, 1.54) is 12.0 Å². The van der Waals surface area contributed by atoms with Crippen molar-refractivity contribution in [2.45, 2.75) is 32.8 Å². The number of benzene rings is 1. The van der Waals surface area contributed by atoms with E-state index < -0.39 is 17.7 Å². The Hall–Kier alpha value is -2.04. The second kappa shape index (κ2) is 7.67. The minimum Gasteiger partial charge on any atom is -0.468 e. The van der Waals surface area contributed by atoms with Crippen LogP contribution in [0, 0.1) is 0 Å². The molecular weight excluding hydrogens is 270 g/mol. The van der Waals surface area contributed by atoms with Crippen LogP contribution in [0.3, 0.4) is 0 Å². The fourth-order valence-corrected chi connectivity index (χ4v) is 1.69. The van der Waals surface area contributed by atoms with Gasteiger partial charge in [0, 0.05) is 6.54 Å². The molecule has 1 rings (SSSR count). The molecule has 5 heteroatoms. The lowest BCUT2D eigenvalue weighted by atomic mass is 10.1. The lowest BCUT2D eigenvalue weighted by molar-refractivity contribution is -0.141. The molecule has 0 aliphatic carbocycles. The second-order valence-corrected chi connectivity index (χ2v) is 5.71. The van der Waals surface area contributed by atoms with E-state index in [1.54, 1.807) is 20.8 Å². The van der Waals surface area contributed by atoms with Gasteiger partial charge in [-0.3, -0.25) is 9.69 Å². The first kappa shape index (κ1) is 17.0. The van der Waals surface area contributed by atoms with Gasteiger partial charge in [0.1, 0.15) is 12.1 Å². The van der Waals surface area contributed by atoms with Crippen LogP contribution in [0.2, 0.25) is 0 Å². The topological polar surface area (TPSA) is 55.8 Å². The summed E-state index contributed by atoms with van der Waals surface area (Å²) in [6.45, 7) is 5.65.